The molecule has 3 aromatic carbocycles. The van der Waals surface area contributed by atoms with E-state index in [4.69, 9.17) is 0 Å². The molecule has 0 spiro atoms. The van der Waals surface area contributed by atoms with Crippen molar-refractivity contribution in [2.75, 3.05) is 0 Å². The van der Waals surface area contributed by atoms with Crippen LogP contribution in [0.3, 0.4) is 0 Å². The molecule has 3 saturated heterocycles. The van der Waals surface area contributed by atoms with Gasteiger partial charge in [0.1, 0.15) is 18.1 Å². The molecule has 3 unspecified atom stereocenters. The highest BCUT2D eigenvalue weighted by Crippen LogP contribution is 2.36. The zero-order valence-electron chi connectivity index (χ0n) is 46.4. The van der Waals surface area contributed by atoms with Gasteiger partial charge in [-0.15, -0.1) is 0 Å². The number of benzene rings is 3. The highest BCUT2D eigenvalue weighted by atomic mass is 16.2. The number of nitrogens with zero attached hydrogens (tertiary/aromatic N) is 3. The first-order valence-corrected chi connectivity index (χ1v) is 26.2. The van der Waals surface area contributed by atoms with Crippen LogP contribution in [0.25, 0.3) is 10.8 Å². The fourth-order valence-corrected chi connectivity index (χ4v) is 9.41. The van der Waals surface area contributed by atoms with Gasteiger partial charge in [-0.2, -0.15) is 0 Å². The molecule has 6 heterocycles. The van der Waals surface area contributed by atoms with Crippen LogP contribution in [0, 0.1) is 0 Å². The van der Waals surface area contributed by atoms with Crippen LogP contribution in [0.15, 0.2) is 96.2 Å². The van der Waals surface area contributed by atoms with E-state index in [1.807, 2.05) is 90.1 Å². The summed E-state index contributed by atoms with van der Waals surface area (Å²) in [5, 5.41) is 9.28. The first-order valence-electron chi connectivity index (χ1n) is 26.2. The Morgan fingerprint density at radius 3 is 1.53 bits per heavy atom. The third-order valence-electron chi connectivity index (χ3n) is 13.3. The molecular formula is C60H82N6O7. The summed E-state index contributed by atoms with van der Waals surface area (Å²) in [4.78, 5) is 89.1. The monoisotopic (exact) mass is 999 g/mol. The third kappa shape index (κ3) is 13.5. The van der Waals surface area contributed by atoms with Crippen molar-refractivity contribution in [3.05, 3.63) is 141 Å². The number of nitrogens with one attached hydrogen (secondary N) is 3. The number of carbonyl (C=O) groups excluding carboxylic acids is 6. The number of fused-ring (bicyclic) bond motifs is 3. The molecule has 3 fully saturated rings. The van der Waals surface area contributed by atoms with E-state index in [1.165, 1.54) is 15.7 Å². The van der Waals surface area contributed by atoms with Crippen LogP contribution in [0.4, 0.5) is 0 Å². The average Bonchev–Trinajstić information content (AvgIpc) is 3.85. The molecule has 0 aliphatic carbocycles. The van der Waals surface area contributed by atoms with Gasteiger partial charge in [0.25, 0.3) is 17.4 Å². The number of aromatic nitrogens is 1. The molecular weight excluding hydrogens is 917 g/mol. The largest absolute Gasteiger partial charge is 0.329 e. The van der Waals surface area contributed by atoms with Crippen molar-refractivity contribution < 1.29 is 28.8 Å². The van der Waals surface area contributed by atoms with Crippen LogP contribution in [0.2, 0.25) is 0 Å². The summed E-state index contributed by atoms with van der Waals surface area (Å²) in [5.41, 5.74) is 8.41. The zero-order valence-corrected chi connectivity index (χ0v) is 46.4. The lowest BCUT2D eigenvalue weighted by atomic mass is 9.83. The number of allylic oxidation sites excluding steroid dienone is 2. The molecule has 1 aromatic heterocycles. The lowest BCUT2D eigenvalue weighted by molar-refractivity contribution is -0.136. The highest BCUT2D eigenvalue weighted by molar-refractivity contribution is 6.03. The van der Waals surface area contributed by atoms with Crippen molar-refractivity contribution in [2.24, 2.45) is 0 Å². The SMILES string of the molecule is C=C1CCC(N2Cc3c(cccc3C(C)(C)C)C2=O)C(=O)N1.C=C1CCC(N2Cc3cc(C(C)(C)C)ccc3C2=O)C(=O)N1.CC.CC.CC.CC(C)(C)c1ccc2c(=O)n(C3CCC(=O)NC3=O)ccc2c1. The van der Waals surface area contributed by atoms with Gasteiger partial charge in [0.05, 0.1) is 0 Å². The predicted molar refractivity (Wildman–Crippen MR) is 293 cm³/mol. The molecule has 4 aromatic rings. The number of rotatable bonds is 3. The number of pyridine rings is 1. The summed E-state index contributed by atoms with van der Waals surface area (Å²) in [6.45, 7) is 39.9. The first-order chi connectivity index (χ1) is 34.3. The molecule has 3 N–H and O–H groups in total. The first kappa shape index (κ1) is 58.9. The third-order valence-corrected chi connectivity index (χ3v) is 13.3. The standard InChI is InChI=1S/C18H20N2O3.2C18H22N2O2.3C2H6/c1-18(2,3)12-4-5-13-11(10-12)8-9-20(17(13)23)14-6-7-15(21)19-16(14)22;1-11-5-8-15(16(21)19-11)20-10-12-9-13(18(2,3)4)6-7-14(12)17(20)22;1-11-8-9-15(16(21)19-11)20-10-13-12(17(20)22)6-5-7-14(13)18(2,3)4;3*1-2/h4-5,8-10,14H,6-7H2,1-3H3,(H,19,21,22);6-7,9,15H,1,5,8,10H2,2-4H3,(H,19,21);5-7,15H,1,8-10H2,2-4H3,(H,19,21);3*1-2H3. The second-order valence-electron chi connectivity index (χ2n) is 21.4. The van der Waals surface area contributed by atoms with Crippen LogP contribution in [-0.4, -0.2) is 61.9 Å². The summed E-state index contributed by atoms with van der Waals surface area (Å²) < 4.78 is 1.43. The Morgan fingerprint density at radius 1 is 0.521 bits per heavy atom. The van der Waals surface area contributed by atoms with E-state index in [0.717, 1.165) is 57.4 Å². The fourth-order valence-electron chi connectivity index (χ4n) is 9.41. The van der Waals surface area contributed by atoms with E-state index in [-0.39, 0.29) is 63.8 Å². The maximum absolute atomic E-state index is 12.7. The second kappa shape index (κ2) is 24.4. The minimum absolute atomic E-state index is 0.00662. The lowest BCUT2D eigenvalue weighted by Gasteiger charge is -2.31. The van der Waals surface area contributed by atoms with Gasteiger partial charge in [-0.3, -0.25) is 38.9 Å². The summed E-state index contributed by atoms with van der Waals surface area (Å²) in [6.07, 6.45) is 5.01. The van der Waals surface area contributed by atoms with Gasteiger partial charge in [0.2, 0.25) is 23.6 Å². The van der Waals surface area contributed by atoms with Crippen LogP contribution in [-0.2, 0) is 48.5 Å². The molecule has 3 atom stereocenters. The fraction of sp³-hybridized carbons (Fsp3) is 0.483. The van der Waals surface area contributed by atoms with Crippen molar-refractivity contribution in [1.29, 1.82) is 0 Å². The van der Waals surface area contributed by atoms with E-state index in [9.17, 15) is 33.6 Å². The number of hydrogen-bond acceptors (Lipinski definition) is 7. The van der Waals surface area contributed by atoms with E-state index in [0.29, 0.717) is 37.7 Å². The Balaban J connectivity index is 0.000000225. The summed E-state index contributed by atoms with van der Waals surface area (Å²) in [5.74, 6) is -0.996. The number of piperidine rings is 3. The molecule has 5 aliphatic heterocycles. The zero-order chi connectivity index (χ0) is 54.9. The summed E-state index contributed by atoms with van der Waals surface area (Å²) in [7, 11) is 0. The number of carbonyl (C=O) groups is 6. The molecule has 13 nitrogen and oxygen atoms in total. The molecule has 0 saturated carbocycles. The van der Waals surface area contributed by atoms with E-state index in [1.54, 1.807) is 16.0 Å². The normalized spacial score (nSPS) is 19.4. The van der Waals surface area contributed by atoms with Gasteiger partial charge >= 0.3 is 0 Å². The molecule has 5 aliphatic rings. The van der Waals surface area contributed by atoms with Crippen LogP contribution >= 0.6 is 0 Å². The molecule has 73 heavy (non-hydrogen) atoms. The average molecular weight is 999 g/mol. The Labute approximate surface area is 434 Å². The number of imide groups is 1. The summed E-state index contributed by atoms with van der Waals surface area (Å²) in [6, 6.07) is 18.2. The maximum atomic E-state index is 12.7. The molecule has 9 rings (SSSR count). The van der Waals surface area contributed by atoms with Gasteiger partial charge in [0, 0.05) is 53.6 Å². The molecule has 6 amide bonds. The van der Waals surface area contributed by atoms with Crippen molar-refractivity contribution in [3.8, 4) is 0 Å². The van der Waals surface area contributed by atoms with Gasteiger partial charge in [-0.05, 0) is 106 Å². The minimum atomic E-state index is -0.619. The van der Waals surface area contributed by atoms with Gasteiger partial charge in [-0.1, -0.05) is 153 Å². The quantitative estimate of drug-likeness (QED) is 0.172. The Hall–Kier alpha value is -6.63. The molecule has 13 heteroatoms. The maximum Gasteiger partial charge on any atom is 0.259 e. The van der Waals surface area contributed by atoms with Crippen LogP contribution in [0.5, 0.6) is 0 Å². The Kier molecular flexibility index (Phi) is 19.7. The molecule has 0 radical (unpaired) electrons. The van der Waals surface area contributed by atoms with Crippen LogP contribution < -0.4 is 21.5 Å². The topological polar surface area (TPSA) is 167 Å². The second-order valence-corrected chi connectivity index (χ2v) is 21.4. The Morgan fingerprint density at radius 2 is 1.01 bits per heavy atom. The van der Waals surface area contributed by atoms with Crippen molar-refractivity contribution in [3.63, 3.8) is 0 Å². The number of amides is 6. The van der Waals surface area contributed by atoms with E-state index < -0.39 is 18.0 Å². The lowest BCUT2D eigenvalue weighted by Crippen LogP contribution is -2.49. The minimum Gasteiger partial charge on any atom is -0.329 e. The predicted octanol–water partition coefficient (Wildman–Crippen LogP) is 10.8. The van der Waals surface area contributed by atoms with Crippen molar-refractivity contribution in [1.82, 2.24) is 30.3 Å². The van der Waals surface area contributed by atoms with Gasteiger partial charge in [-0.25, -0.2) is 0 Å². The van der Waals surface area contributed by atoms with Gasteiger partial charge < -0.3 is 25.0 Å². The van der Waals surface area contributed by atoms with Crippen LogP contribution in [0.1, 0.15) is 197 Å². The van der Waals surface area contributed by atoms with Gasteiger partial charge in [0.15, 0.2) is 0 Å². The number of hydrogen-bond donors (Lipinski definition) is 3. The molecule has 0 bridgehead atoms. The van der Waals surface area contributed by atoms with Crippen molar-refractivity contribution in [2.45, 2.75) is 190 Å². The molecule has 394 valence electrons. The van der Waals surface area contributed by atoms with Crippen molar-refractivity contribution >= 4 is 46.2 Å². The highest BCUT2D eigenvalue weighted by Gasteiger charge is 2.41. The smallest absolute Gasteiger partial charge is 0.259 e. The Bertz CT molecular complexity index is 2800. The van der Waals surface area contributed by atoms with E-state index in [2.05, 4.69) is 104 Å². The summed E-state index contributed by atoms with van der Waals surface area (Å²) >= 11 is 0. The van der Waals surface area contributed by atoms with E-state index >= 15 is 0 Å².